The average Bonchev–Trinajstić information content (AvgIpc) is 3.38. The van der Waals surface area contributed by atoms with Crippen molar-refractivity contribution < 1.29 is 42.9 Å². The number of likely N-dealkylation sites (N-methyl/N-ethyl adjacent to an activating group) is 1. The molecule has 9 heteroatoms. The maximum atomic E-state index is 12.9. The van der Waals surface area contributed by atoms with E-state index >= 15 is 0 Å². The number of aliphatic carboxylic acids is 1. The minimum Gasteiger partial charge on any atom is -0.545 e. The minimum atomic E-state index is -1.62. The summed E-state index contributed by atoms with van der Waals surface area (Å²) in [6.07, 6.45) is 68.9. The summed E-state index contributed by atoms with van der Waals surface area (Å²) in [6, 6.07) is 0. The fraction of sp³-hybridized carbons (Fsp3) is 0.833. The van der Waals surface area contributed by atoms with Crippen LogP contribution in [0, 0.1) is 0 Å². The molecule has 0 aromatic heterocycles. The van der Waals surface area contributed by atoms with Gasteiger partial charge in [-0.3, -0.25) is 9.59 Å². The van der Waals surface area contributed by atoms with E-state index < -0.39 is 24.3 Å². The van der Waals surface area contributed by atoms with E-state index in [1.807, 2.05) is 21.1 Å². The van der Waals surface area contributed by atoms with Crippen LogP contribution >= 0.6 is 0 Å². The summed E-state index contributed by atoms with van der Waals surface area (Å²) < 4.78 is 22.7. The molecule has 9 nitrogen and oxygen atoms in total. The van der Waals surface area contributed by atoms with Gasteiger partial charge < -0.3 is 33.3 Å². The van der Waals surface area contributed by atoms with Crippen molar-refractivity contribution in [1.82, 2.24) is 0 Å². The molecule has 0 aliphatic rings. The van der Waals surface area contributed by atoms with Gasteiger partial charge in [0.2, 0.25) is 0 Å². The highest BCUT2D eigenvalue weighted by molar-refractivity contribution is 5.70. The van der Waals surface area contributed by atoms with Gasteiger partial charge in [-0.25, -0.2) is 0 Å². The Labute approximate surface area is 463 Å². The summed E-state index contributed by atoms with van der Waals surface area (Å²) in [5.74, 6) is -2.27. The summed E-state index contributed by atoms with van der Waals surface area (Å²) in [5, 5.41) is 11.8. The van der Waals surface area contributed by atoms with Crippen molar-refractivity contribution in [2.24, 2.45) is 0 Å². The van der Waals surface area contributed by atoms with Gasteiger partial charge >= 0.3 is 11.9 Å². The minimum absolute atomic E-state index is 0.148. The molecule has 0 rings (SSSR count). The van der Waals surface area contributed by atoms with Gasteiger partial charge in [0.25, 0.3) is 0 Å². The van der Waals surface area contributed by atoms with Crippen molar-refractivity contribution in [2.45, 2.75) is 309 Å². The van der Waals surface area contributed by atoms with E-state index in [9.17, 15) is 19.5 Å². The van der Waals surface area contributed by atoms with Crippen LogP contribution in [-0.4, -0.2) is 82.3 Å². The number of unbranched alkanes of at least 4 members (excludes halogenated alkanes) is 36. The molecule has 0 radical (unpaired) electrons. The van der Waals surface area contributed by atoms with E-state index in [4.69, 9.17) is 18.9 Å². The van der Waals surface area contributed by atoms with Gasteiger partial charge in [-0.05, 0) is 77.0 Å². The number of esters is 2. The number of quaternary nitrogens is 1. The molecule has 2 unspecified atom stereocenters. The molecule has 0 amide bonds. The maximum Gasteiger partial charge on any atom is 0.306 e. The van der Waals surface area contributed by atoms with Crippen molar-refractivity contribution in [3.63, 3.8) is 0 Å². The van der Waals surface area contributed by atoms with Crippen LogP contribution in [0.2, 0.25) is 0 Å². The number of hydrogen-bond donors (Lipinski definition) is 0. The maximum absolute atomic E-state index is 12.9. The molecule has 2 atom stereocenters. The Morgan fingerprint density at radius 1 is 0.400 bits per heavy atom. The molecule has 0 saturated carbocycles. The van der Waals surface area contributed by atoms with Crippen LogP contribution in [0.1, 0.15) is 296 Å². The number of carbonyl (C=O) groups is 3. The molecule has 438 valence electrons. The molecule has 0 aliphatic carbocycles. The SMILES string of the molecule is CCCCC/C=C\C/C=C\CCCCCCCCCCCC(=O)OCC(COC(OCC[N+](C)(C)C)C(=O)[O-])OC(=O)CCCCCCCCCCCCCCCCCCCCC/C=C\C/C=C\CCCCCCC. The lowest BCUT2D eigenvalue weighted by atomic mass is 10.0. The summed E-state index contributed by atoms with van der Waals surface area (Å²) in [7, 11) is 5.93. The number of nitrogens with zero attached hydrogens (tertiary/aromatic N) is 1. The highest BCUT2D eigenvalue weighted by atomic mass is 16.7. The van der Waals surface area contributed by atoms with Crippen LogP contribution in [0.5, 0.6) is 0 Å². The van der Waals surface area contributed by atoms with Gasteiger partial charge in [0.05, 0.1) is 40.3 Å². The number of allylic oxidation sites excluding steroid dienone is 8. The molecule has 0 aromatic carbocycles. The topological polar surface area (TPSA) is 111 Å². The number of rotatable bonds is 59. The van der Waals surface area contributed by atoms with Crippen molar-refractivity contribution in [3.05, 3.63) is 48.6 Å². The highest BCUT2D eigenvalue weighted by Gasteiger charge is 2.22. The average molecular weight is 1060 g/mol. The lowest BCUT2D eigenvalue weighted by Crippen LogP contribution is -2.44. The van der Waals surface area contributed by atoms with Gasteiger partial charge in [0, 0.05) is 12.8 Å². The van der Waals surface area contributed by atoms with Gasteiger partial charge in [0.1, 0.15) is 13.2 Å². The fourth-order valence-corrected chi connectivity index (χ4v) is 9.13. The largest absolute Gasteiger partial charge is 0.545 e. The zero-order valence-corrected chi connectivity index (χ0v) is 49.9. The Hall–Kier alpha value is -2.75. The molecule has 0 heterocycles. The molecule has 0 N–H and O–H groups in total. The Morgan fingerprint density at radius 3 is 1.08 bits per heavy atom. The normalized spacial score (nSPS) is 13.0. The van der Waals surface area contributed by atoms with Crippen molar-refractivity contribution >= 4 is 17.9 Å². The molecule has 0 spiro atoms. The Balaban J connectivity index is 4.12. The standard InChI is InChI=1S/C66H121NO8/c1-6-8-10-12-14-16-18-20-22-24-26-27-28-29-30-31-32-33-34-35-36-37-39-41-43-45-47-49-51-53-55-57-64(69)75-62(61-74-66(65(70)71)72-59-58-67(3,4)5)60-73-63(68)56-54-52-50-48-46-44-42-40-38-25-23-21-19-17-15-13-11-9-7-2/h15,17-18,20-21,23-24,26,62,66H,6-14,16,19,22,25,27-61H2,1-5H3/b17-15-,20-18-,23-21-,26-24-. The molecular weight excluding hydrogens is 935 g/mol. The third kappa shape index (κ3) is 58.8. The van der Waals surface area contributed by atoms with Crippen molar-refractivity contribution in [2.75, 3.05) is 47.5 Å². The first-order valence-corrected chi connectivity index (χ1v) is 31.8. The van der Waals surface area contributed by atoms with Crippen LogP contribution < -0.4 is 5.11 Å². The zero-order valence-electron chi connectivity index (χ0n) is 49.9. The van der Waals surface area contributed by atoms with Crippen molar-refractivity contribution in [3.8, 4) is 0 Å². The second-order valence-electron chi connectivity index (χ2n) is 22.7. The van der Waals surface area contributed by atoms with E-state index in [-0.39, 0.29) is 38.6 Å². The molecular formula is C66H121NO8. The first-order chi connectivity index (χ1) is 36.6. The third-order valence-corrected chi connectivity index (χ3v) is 14.0. The van der Waals surface area contributed by atoms with Crippen molar-refractivity contribution in [1.29, 1.82) is 0 Å². The first-order valence-electron chi connectivity index (χ1n) is 31.8. The second kappa shape index (κ2) is 57.4. The fourth-order valence-electron chi connectivity index (χ4n) is 9.13. The lowest BCUT2D eigenvalue weighted by Gasteiger charge is -2.26. The Bertz CT molecular complexity index is 1370. The number of hydrogen-bond acceptors (Lipinski definition) is 8. The van der Waals surface area contributed by atoms with Crippen LogP contribution in [0.25, 0.3) is 0 Å². The van der Waals surface area contributed by atoms with E-state index in [1.165, 1.54) is 218 Å². The highest BCUT2D eigenvalue weighted by Crippen LogP contribution is 2.17. The summed E-state index contributed by atoms with van der Waals surface area (Å²) >= 11 is 0. The predicted octanol–water partition coefficient (Wildman–Crippen LogP) is 17.7. The summed E-state index contributed by atoms with van der Waals surface area (Å²) in [4.78, 5) is 37.4. The van der Waals surface area contributed by atoms with Gasteiger partial charge in [-0.2, -0.15) is 0 Å². The smallest absolute Gasteiger partial charge is 0.306 e. The Kier molecular flexibility index (Phi) is 55.3. The summed E-state index contributed by atoms with van der Waals surface area (Å²) in [5.41, 5.74) is 0. The molecule has 0 fully saturated rings. The third-order valence-electron chi connectivity index (χ3n) is 14.0. The predicted molar refractivity (Wildman–Crippen MR) is 315 cm³/mol. The second-order valence-corrected chi connectivity index (χ2v) is 22.7. The van der Waals surface area contributed by atoms with E-state index in [1.54, 1.807) is 0 Å². The van der Waals surface area contributed by atoms with Crippen LogP contribution in [0.15, 0.2) is 48.6 Å². The monoisotopic (exact) mass is 1060 g/mol. The number of carbonyl (C=O) groups excluding carboxylic acids is 3. The molecule has 0 saturated heterocycles. The van der Waals surface area contributed by atoms with E-state index in [0.29, 0.717) is 17.4 Å². The van der Waals surface area contributed by atoms with Crippen LogP contribution in [0.3, 0.4) is 0 Å². The zero-order chi connectivity index (χ0) is 54.8. The number of carboxylic acids is 1. The van der Waals surface area contributed by atoms with Crippen LogP contribution in [0.4, 0.5) is 0 Å². The van der Waals surface area contributed by atoms with Gasteiger partial charge in [0.15, 0.2) is 12.4 Å². The van der Waals surface area contributed by atoms with Crippen LogP contribution in [-0.2, 0) is 33.3 Å². The van der Waals surface area contributed by atoms with Gasteiger partial charge in [-0.1, -0.05) is 255 Å². The molecule has 0 bridgehead atoms. The molecule has 0 aromatic rings. The Morgan fingerprint density at radius 2 is 0.720 bits per heavy atom. The molecule has 0 aliphatic heterocycles. The molecule has 75 heavy (non-hydrogen) atoms. The van der Waals surface area contributed by atoms with Gasteiger partial charge in [-0.15, -0.1) is 0 Å². The summed E-state index contributed by atoms with van der Waals surface area (Å²) in [6.45, 7) is 4.75. The van der Waals surface area contributed by atoms with E-state index in [0.717, 1.165) is 44.9 Å². The first kappa shape index (κ1) is 72.2. The lowest BCUT2D eigenvalue weighted by molar-refractivity contribution is -0.870. The quantitative estimate of drug-likeness (QED) is 0.0195. The number of carboxylic acid groups (broad SMARTS) is 1. The van der Waals surface area contributed by atoms with E-state index in [2.05, 4.69) is 62.5 Å². The number of ether oxygens (including phenoxy) is 4.